The molecule has 0 spiro atoms. The van der Waals surface area contributed by atoms with Gasteiger partial charge in [0.2, 0.25) is 5.91 Å². The van der Waals surface area contributed by atoms with E-state index in [0.717, 1.165) is 32.2 Å². The van der Waals surface area contributed by atoms with Gasteiger partial charge in [-0.1, -0.05) is 48.0 Å². The zero-order valence-corrected chi connectivity index (χ0v) is 18.7. The second-order valence-corrected chi connectivity index (χ2v) is 10.1. The third-order valence-electron chi connectivity index (χ3n) is 4.41. The van der Waals surface area contributed by atoms with E-state index in [2.05, 4.69) is 46.9 Å². The van der Waals surface area contributed by atoms with Gasteiger partial charge in [0.05, 0.1) is 0 Å². The van der Waals surface area contributed by atoms with Crippen molar-refractivity contribution in [1.82, 2.24) is 5.32 Å². The van der Waals surface area contributed by atoms with Crippen LogP contribution >= 0.6 is 0 Å². The highest BCUT2D eigenvalue weighted by Crippen LogP contribution is 2.22. The summed E-state index contributed by atoms with van der Waals surface area (Å²) in [6.45, 7) is 14.0. The number of carbonyl (C=O) groups excluding carboxylic acids is 2. The lowest BCUT2D eigenvalue weighted by Crippen LogP contribution is -2.27. The molecular formula is C22H44N2O3. The number of hydrogen-bond donors (Lipinski definition) is 2. The van der Waals surface area contributed by atoms with E-state index in [1.807, 2.05) is 0 Å². The van der Waals surface area contributed by atoms with Crippen LogP contribution in [0.1, 0.15) is 106 Å². The third kappa shape index (κ3) is 19.5. The normalized spacial score (nSPS) is 13.3. The maximum atomic E-state index is 11.8. The Hall–Kier alpha value is -1.10. The fourth-order valence-electron chi connectivity index (χ4n) is 2.77. The average molecular weight is 385 g/mol. The van der Waals surface area contributed by atoms with Crippen LogP contribution < -0.4 is 11.1 Å². The van der Waals surface area contributed by atoms with Crippen LogP contribution in [-0.2, 0) is 14.3 Å². The summed E-state index contributed by atoms with van der Waals surface area (Å²) in [5, 5.41) is 2.95. The number of ether oxygens (including phenoxy) is 1. The third-order valence-corrected chi connectivity index (χ3v) is 4.41. The summed E-state index contributed by atoms with van der Waals surface area (Å²) in [6.07, 6.45) is 7.65. The second-order valence-electron chi connectivity index (χ2n) is 10.1. The number of rotatable bonds is 13. The Labute approximate surface area is 167 Å². The summed E-state index contributed by atoms with van der Waals surface area (Å²) in [5.41, 5.74) is 6.49. The highest BCUT2D eigenvalue weighted by atomic mass is 16.6. The molecule has 0 heterocycles. The number of amides is 1. The quantitative estimate of drug-likeness (QED) is 0.268. The lowest BCUT2D eigenvalue weighted by molar-refractivity contribution is -0.149. The smallest absolute Gasteiger partial charge is 0.307 e. The van der Waals surface area contributed by atoms with E-state index < -0.39 is 6.23 Å². The Morgan fingerprint density at radius 3 is 2.00 bits per heavy atom. The summed E-state index contributed by atoms with van der Waals surface area (Å²) >= 11 is 0. The van der Waals surface area contributed by atoms with Crippen molar-refractivity contribution in [3.05, 3.63) is 0 Å². The number of unbranched alkanes of at least 4 members (excludes halogenated alkanes) is 2. The van der Waals surface area contributed by atoms with Gasteiger partial charge in [-0.2, -0.15) is 0 Å². The van der Waals surface area contributed by atoms with Crippen molar-refractivity contribution in [3.8, 4) is 0 Å². The van der Waals surface area contributed by atoms with Crippen LogP contribution in [0, 0.1) is 10.8 Å². The fourth-order valence-corrected chi connectivity index (χ4v) is 2.77. The van der Waals surface area contributed by atoms with E-state index in [-0.39, 0.29) is 17.3 Å². The van der Waals surface area contributed by atoms with Gasteiger partial charge in [-0.3, -0.25) is 15.3 Å². The molecule has 5 nitrogen and oxygen atoms in total. The topological polar surface area (TPSA) is 81.4 Å². The number of carbonyl (C=O) groups is 2. The van der Waals surface area contributed by atoms with Crippen LogP contribution in [0.3, 0.4) is 0 Å². The predicted octanol–water partition coefficient (Wildman–Crippen LogP) is 4.92. The largest absolute Gasteiger partial charge is 0.447 e. The molecule has 0 aromatic carbocycles. The molecule has 1 amide bonds. The molecule has 0 rings (SSSR count). The molecule has 0 radical (unpaired) electrons. The van der Waals surface area contributed by atoms with Crippen molar-refractivity contribution in [2.24, 2.45) is 16.6 Å². The predicted molar refractivity (Wildman–Crippen MR) is 112 cm³/mol. The van der Waals surface area contributed by atoms with E-state index in [1.165, 1.54) is 6.42 Å². The van der Waals surface area contributed by atoms with Crippen molar-refractivity contribution in [2.75, 3.05) is 6.54 Å². The Balaban J connectivity index is 3.62. The standard InChI is InChI=1S/C22H44N2O3/c1-21(2,3)15-9-10-17-24-19(25)13-7-8-14-20(26)27-18(23)12-11-16-22(4,5)6/h18H,7-17,23H2,1-6H3,(H,24,25). The van der Waals surface area contributed by atoms with Gasteiger partial charge in [0, 0.05) is 19.4 Å². The SMILES string of the molecule is CC(C)(C)CCCCNC(=O)CCCCC(=O)OC(N)CCCC(C)(C)C. The molecule has 160 valence electrons. The molecule has 5 heteroatoms. The first-order valence-electron chi connectivity index (χ1n) is 10.6. The average Bonchev–Trinajstić information content (AvgIpc) is 2.48. The minimum absolute atomic E-state index is 0.0676. The highest BCUT2D eigenvalue weighted by molar-refractivity contribution is 5.75. The van der Waals surface area contributed by atoms with Crippen molar-refractivity contribution in [1.29, 1.82) is 0 Å². The zero-order valence-electron chi connectivity index (χ0n) is 18.7. The van der Waals surface area contributed by atoms with E-state index in [0.29, 0.717) is 37.5 Å². The number of nitrogens with two attached hydrogens (primary N) is 1. The zero-order chi connectivity index (χ0) is 20.9. The van der Waals surface area contributed by atoms with E-state index >= 15 is 0 Å². The second kappa shape index (κ2) is 13.1. The number of hydrogen-bond acceptors (Lipinski definition) is 4. The van der Waals surface area contributed by atoms with Crippen molar-refractivity contribution in [3.63, 3.8) is 0 Å². The van der Waals surface area contributed by atoms with Gasteiger partial charge in [-0.05, 0) is 55.8 Å². The van der Waals surface area contributed by atoms with Crippen LogP contribution in [-0.4, -0.2) is 24.6 Å². The van der Waals surface area contributed by atoms with Gasteiger partial charge in [0.15, 0.2) is 6.23 Å². The van der Waals surface area contributed by atoms with Crippen LogP contribution in [0.5, 0.6) is 0 Å². The molecule has 0 aliphatic carbocycles. The first-order chi connectivity index (χ1) is 12.4. The molecule has 0 saturated carbocycles. The lowest BCUT2D eigenvalue weighted by Gasteiger charge is -2.19. The van der Waals surface area contributed by atoms with Gasteiger partial charge in [0.1, 0.15) is 0 Å². The van der Waals surface area contributed by atoms with Crippen molar-refractivity contribution < 1.29 is 14.3 Å². The van der Waals surface area contributed by atoms with Crippen LogP contribution in [0.4, 0.5) is 0 Å². The van der Waals surface area contributed by atoms with Crippen molar-refractivity contribution in [2.45, 2.75) is 112 Å². The first-order valence-corrected chi connectivity index (χ1v) is 10.6. The molecule has 0 aromatic heterocycles. The van der Waals surface area contributed by atoms with Crippen LogP contribution in [0.2, 0.25) is 0 Å². The minimum atomic E-state index is -0.517. The molecule has 0 fully saturated rings. The van der Waals surface area contributed by atoms with Crippen LogP contribution in [0.25, 0.3) is 0 Å². The Morgan fingerprint density at radius 1 is 0.852 bits per heavy atom. The molecule has 0 aliphatic rings. The Bertz CT molecular complexity index is 422. The van der Waals surface area contributed by atoms with Crippen molar-refractivity contribution >= 4 is 11.9 Å². The maximum Gasteiger partial charge on any atom is 0.307 e. The maximum absolute atomic E-state index is 11.8. The molecular weight excluding hydrogens is 340 g/mol. The van der Waals surface area contributed by atoms with E-state index in [9.17, 15) is 9.59 Å². The number of esters is 1. The lowest BCUT2D eigenvalue weighted by atomic mass is 9.90. The molecule has 27 heavy (non-hydrogen) atoms. The van der Waals surface area contributed by atoms with Crippen LogP contribution in [0.15, 0.2) is 0 Å². The van der Waals surface area contributed by atoms with E-state index in [4.69, 9.17) is 10.5 Å². The molecule has 0 bridgehead atoms. The summed E-state index contributed by atoms with van der Waals surface area (Å²) in [4.78, 5) is 23.6. The van der Waals surface area contributed by atoms with Gasteiger partial charge >= 0.3 is 5.97 Å². The molecule has 1 atom stereocenters. The van der Waals surface area contributed by atoms with Gasteiger partial charge in [0.25, 0.3) is 0 Å². The molecule has 3 N–H and O–H groups in total. The Morgan fingerprint density at radius 2 is 1.41 bits per heavy atom. The Kier molecular flexibility index (Phi) is 12.6. The summed E-state index contributed by atoms with van der Waals surface area (Å²) in [7, 11) is 0. The molecule has 0 aromatic rings. The minimum Gasteiger partial charge on any atom is -0.447 e. The monoisotopic (exact) mass is 384 g/mol. The van der Waals surface area contributed by atoms with E-state index in [1.54, 1.807) is 0 Å². The first kappa shape index (κ1) is 25.9. The highest BCUT2D eigenvalue weighted by Gasteiger charge is 2.14. The molecule has 1 unspecified atom stereocenters. The fraction of sp³-hybridized carbons (Fsp3) is 0.909. The van der Waals surface area contributed by atoms with Gasteiger partial charge in [-0.25, -0.2) is 0 Å². The molecule has 0 aliphatic heterocycles. The summed E-state index contributed by atoms with van der Waals surface area (Å²) < 4.78 is 5.23. The molecule has 0 saturated heterocycles. The van der Waals surface area contributed by atoms with Gasteiger partial charge in [-0.15, -0.1) is 0 Å². The number of nitrogens with one attached hydrogen (secondary N) is 1. The van der Waals surface area contributed by atoms with Gasteiger partial charge < -0.3 is 10.1 Å². The summed E-state index contributed by atoms with van der Waals surface area (Å²) in [6, 6.07) is 0. The summed E-state index contributed by atoms with van der Waals surface area (Å²) in [5.74, 6) is -0.196.